The molecule has 6 nitrogen and oxygen atoms in total. The van der Waals surface area contributed by atoms with E-state index in [4.69, 9.17) is 4.52 Å². The van der Waals surface area contributed by atoms with Gasteiger partial charge in [-0.05, 0) is 31.2 Å². The zero-order chi connectivity index (χ0) is 14.5. The van der Waals surface area contributed by atoms with Crippen LogP contribution in [0.25, 0.3) is 0 Å². The van der Waals surface area contributed by atoms with Crippen LogP contribution in [0.2, 0.25) is 0 Å². The van der Waals surface area contributed by atoms with Crippen molar-refractivity contribution in [1.29, 1.82) is 0 Å². The van der Waals surface area contributed by atoms with Gasteiger partial charge >= 0.3 is 0 Å². The van der Waals surface area contributed by atoms with Gasteiger partial charge < -0.3 is 15.2 Å². The number of amides is 2. The summed E-state index contributed by atoms with van der Waals surface area (Å²) < 4.78 is 17.5. The van der Waals surface area contributed by atoms with Gasteiger partial charge in [0, 0.05) is 11.8 Å². The van der Waals surface area contributed by atoms with Crippen LogP contribution in [0, 0.1) is 12.7 Å². The highest BCUT2D eigenvalue weighted by Gasteiger charge is 2.11. The fourth-order valence-electron chi connectivity index (χ4n) is 1.50. The van der Waals surface area contributed by atoms with E-state index in [1.807, 2.05) is 0 Å². The van der Waals surface area contributed by atoms with Gasteiger partial charge in [-0.15, -0.1) is 0 Å². The molecular weight excluding hydrogens is 265 g/mol. The Morgan fingerprint density at radius 2 is 1.85 bits per heavy atom. The highest BCUT2D eigenvalue weighted by atomic mass is 19.1. The zero-order valence-electron chi connectivity index (χ0n) is 10.6. The van der Waals surface area contributed by atoms with E-state index in [2.05, 4.69) is 15.8 Å². The van der Waals surface area contributed by atoms with Crippen molar-refractivity contribution >= 4 is 23.3 Å². The molecule has 1 aromatic heterocycles. The lowest BCUT2D eigenvalue weighted by Gasteiger charge is -2.04. The van der Waals surface area contributed by atoms with Crippen molar-refractivity contribution in [1.82, 2.24) is 5.16 Å². The molecule has 0 aliphatic heterocycles. The van der Waals surface area contributed by atoms with E-state index in [0.29, 0.717) is 11.4 Å². The SMILES string of the molecule is Cc1cc(NC(=O)CC(=O)Nc2ccc(F)cc2)no1. The molecule has 7 heteroatoms. The molecule has 0 saturated heterocycles. The number of rotatable bonds is 4. The molecule has 0 saturated carbocycles. The van der Waals surface area contributed by atoms with Gasteiger partial charge in [0.15, 0.2) is 5.82 Å². The largest absolute Gasteiger partial charge is 0.360 e. The second-order valence-corrected chi connectivity index (χ2v) is 4.10. The minimum Gasteiger partial charge on any atom is -0.360 e. The van der Waals surface area contributed by atoms with E-state index in [-0.39, 0.29) is 12.2 Å². The summed E-state index contributed by atoms with van der Waals surface area (Å²) in [5, 5.41) is 8.48. The topological polar surface area (TPSA) is 84.2 Å². The summed E-state index contributed by atoms with van der Waals surface area (Å²) >= 11 is 0. The van der Waals surface area contributed by atoms with Crippen molar-refractivity contribution < 1.29 is 18.5 Å². The lowest BCUT2D eigenvalue weighted by Crippen LogP contribution is -2.21. The molecule has 0 atom stereocenters. The summed E-state index contributed by atoms with van der Waals surface area (Å²) in [6.45, 7) is 1.68. The minimum atomic E-state index is -0.516. The van der Waals surface area contributed by atoms with Gasteiger partial charge in [-0.25, -0.2) is 4.39 Å². The Hall–Kier alpha value is -2.70. The van der Waals surface area contributed by atoms with Crippen LogP contribution in [0.3, 0.4) is 0 Å². The Morgan fingerprint density at radius 3 is 2.45 bits per heavy atom. The molecule has 2 N–H and O–H groups in total. The quantitative estimate of drug-likeness (QED) is 0.838. The predicted molar refractivity (Wildman–Crippen MR) is 69.5 cm³/mol. The van der Waals surface area contributed by atoms with Crippen molar-refractivity contribution in [3.8, 4) is 0 Å². The van der Waals surface area contributed by atoms with Crippen molar-refractivity contribution in [2.45, 2.75) is 13.3 Å². The number of carbonyl (C=O) groups excluding carboxylic acids is 2. The number of hydrogen-bond acceptors (Lipinski definition) is 4. The maximum absolute atomic E-state index is 12.7. The number of benzene rings is 1. The molecule has 0 spiro atoms. The number of nitrogens with one attached hydrogen (secondary N) is 2. The fourth-order valence-corrected chi connectivity index (χ4v) is 1.50. The predicted octanol–water partition coefficient (Wildman–Crippen LogP) is 2.09. The third-order valence-electron chi connectivity index (χ3n) is 2.34. The molecule has 0 aliphatic rings. The number of carbonyl (C=O) groups is 2. The molecule has 2 rings (SSSR count). The average molecular weight is 277 g/mol. The van der Waals surface area contributed by atoms with Crippen molar-refractivity contribution in [2.24, 2.45) is 0 Å². The Balaban J connectivity index is 1.84. The van der Waals surface area contributed by atoms with Gasteiger partial charge in [0.1, 0.15) is 18.0 Å². The van der Waals surface area contributed by atoms with E-state index >= 15 is 0 Å². The smallest absolute Gasteiger partial charge is 0.235 e. The lowest BCUT2D eigenvalue weighted by molar-refractivity contribution is -0.123. The van der Waals surface area contributed by atoms with Crippen LogP contribution in [-0.2, 0) is 9.59 Å². The molecular formula is C13H12FN3O3. The molecule has 0 aliphatic carbocycles. The first-order chi connectivity index (χ1) is 9.52. The molecule has 2 amide bonds. The molecule has 0 unspecified atom stereocenters. The van der Waals surface area contributed by atoms with E-state index < -0.39 is 17.6 Å². The van der Waals surface area contributed by atoms with Crippen molar-refractivity contribution in [3.63, 3.8) is 0 Å². The summed E-state index contributed by atoms with van der Waals surface area (Å²) in [4.78, 5) is 23.2. The van der Waals surface area contributed by atoms with Gasteiger partial charge in [0.05, 0.1) is 0 Å². The fraction of sp³-hybridized carbons (Fsp3) is 0.154. The maximum Gasteiger partial charge on any atom is 0.235 e. The number of aromatic nitrogens is 1. The summed E-state index contributed by atoms with van der Waals surface area (Å²) in [5.74, 6) is -0.618. The third kappa shape index (κ3) is 3.91. The first-order valence-corrected chi connectivity index (χ1v) is 5.81. The number of aryl methyl sites for hydroxylation is 1. The van der Waals surface area contributed by atoms with Crippen LogP contribution in [0.1, 0.15) is 12.2 Å². The van der Waals surface area contributed by atoms with E-state index in [1.54, 1.807) is 6.92 Å². The van der Waals surface area contributed by atoms with Crippen LogP contribution in [0.5, 0.6) is 0 Å². The first kappa shape index (κ1) is 13.7. The van der Waals surface area contributed by atoms with E-state index in [9.17, 15) is 14.0 Å². The minimum absolute atomic E-state index is 0.252. The van der Waals surface area contributed by atoms with Crippen molar-refractivity contribution in [3.05, 3.63) is 41.9 Å². The Labute approximate surface area is 114 Å². The number of anilines is 2. The van der Waals surface area contributed by atoms with Gasteiger partial charge in [0.2, 0.25) is 11.8 Å². The second kappa shape index (κ2) is 5.96. The van der Waals surface area contributed by atoms with Crippen LogP contribution < -0.4 is 10.6 Å². The van der Waals surface area contributed by atoms with Crippen LogP contribution >= 0.6 is 0 Å². The van der Waals surface area contributed by atoms with Crippen LogP contribution in [-0.4, -0.2) is 17.0 Å². The zero-order valence-corrected chi connectivity index (χ0v) is 10.6. The van der Waals surface area contributed by atoms with Crippen LogP contribution in [0.4, 0.5) is 15.9 Å². The second-order valence-electron chi connectivity index (χ2n) is 4.10. The normalized spacial score (nSPS) is 10.1. The van der Waals surface area contributed by atoms with E-state index in [0.717, 1.165) is 0 Å². The molecule has 0 fully saturated rings. The highest BCUT2D eigenvalue weighted by Crippen LogP contribution is 2.10. The summed E-state index contributed by atoms with van der Waals surface area (Å²) in [6.07, 6.45) is -0.372. The third-order valence-corrected chi connectivity index (χ3v) is 2.34. The molecule has 1 aromatic carbocycles. The molecule has 1 heterocycles. The van der Waals surface area contributed by atoms with Gasteiger partial charge in [0.25, 0.3) is 0 Å². The average Bonchev–Trinajstić information content (AvgIpc) is 2.77. The Morgan fingerprint density at radius 1 is 1.20 bits per heavy atom. The Bertz CT molecular complexity index is 622. The number of hydrogen-bond donors (Lipinski definition) is 2. The maximum atomic E-state index is 12.7. The molecule has 0 bridgehead atoms. The van der Waals surface area contributed by atoms with Gasteiger partial charge in [-0.3, -0.25) is 9.59 Å². The summed E-state index contributed by atoms with van der Waals surface area (Å²) in [6, 6.07) is 6.79. The molecule has 104 valence electrons. The number of nitrogens with zero attached hydrogens (tertiary/aromatic N) is 1. The van der Waals surface area contributed by atoms with Crippen LogP contribution in [0.15, 0.2) is 34.9 Å². The molecule has 20 heavy (non-hydrogen) atoms. The molecule has 0 radical (unpaired) electrons. The first-order valence-electron chi connectivity index (χ1n) is 5.81. The summed E-state index contributed by atoms with van der Waals surface area (Å²) in [7, 11) is 0. The lowest BCUT2D eigenvalue weighted by atomic mass is 10.3. The standard InChI is InChI=1S/C13H12FN3O3/c1-8-6-11(17-20-8)16-13(19)7-12(18)15-10-4-2-9(14)3-5-10/h2-6H,7H2,1H3,(H,15,18)(H,16,17,19). The van der Waals surface area contributed by atoms with Gasteiger partial charge in [-0.2, -0.15) is 0 Å². The molecule has 2 aromatic rings. The monoisotopic (exact) mass is 277 g/mol. The number of halogens is 1. The van der Waals surface area contributed by atoms with Gasteiger partial charge in [-0.1, -0.05) is 5.16 Å². The van der Waals surface area contributed by atoms with E-state index in [1.165, 1.54) is 30.3 Å². The highest BCUT2D eigenvalue weighted by molar-refractivity contribution is 6.07. The van der Waals surface area contributed by atoms with Crippen molar-refractivity contribution in [2.75, 3.05) is 10.6 Å². The Kier molecular flexibility index (Phi) is 4.09. The summed E-state index contributed by atoms with van der Waals surface area (Å²) in [5.41, 5.74) is 0.418.